The second-order valence-electron chi connectivity index (χ2n) is 7.44. The largest absolute Gasteiger partial charge is 0.488 e. The number of carboxylic acid groups (broad SMARTS) is 1. The van der Waals surface area contributed by atoms with Gasteiger partial charge in [0, 0.05) is 21.8 Å². The molecule has 0 aliphatic carbocycles. The fourth-order valence-corrected chi connectivity index (χ4v) is 4.01. The first kappa shape index (κ1) is 23.6. The third-order valence-electron chi connectivity index (χ3n) is 5.16. The maximum absolute atomic E-state index is 13.3. The van der Waals surface area contributed by atoms with Gasteiger partial charge >= 0.3 is 5.97 Å². The molecule has 0 atom stereocenters. The average molecular weight is 480 g/mol. The van der Waals surface area contributed by atoms with E-state index in [2.05, 4.69) is 0 Å². The average Bonchev–Trinajstić information content (AvgIpc) is 3.23. The van der Waals surface area contributed by atoms with Crippen LogP contribution in [0.1, 0.15) is 21.6 Å². The molecule has 8 heteroatoms. The van der Waals surface area contributed by atoms with Crippen molar-refractivity contribution in [3.05, 3.63) is 102 Å². The van der Waals surface area contributed by atoms with Gasteiger partial charge in [0.15, 0.2) is 0 Å². The molecule has 1 aromatic heterocycles. The minimum absolute atomic E-state index is 0.196. The first-order chi connectivity index (χ1) is 16.5. The number of hydrogen-bond acceptors (Lipinski definition) is 5. The van der Waals surface area contributed by atoms with Gasteiger partial charge in [0.25, 0.3) is 0 Å². The molecule has 1 N–H and O–H groups in total. The lowest BCUT2D eigenvalue weighted by Crippen LogP contribution is -2.04. The number of carboxylic acids is 1. The second kappa shape index (κ2) is 10.6. The highest BCUT2D eigenvalue weighted by atomic mass is 32.2. The maximum atomic E-state index is 13.3. The van der Waals surface area contributed by atoms with Crippen molar-refractivity contribution in [1.82, 2.24) is 4.57 Å². The number of benzene rings is 3. The molecular weight excluding hydrogens is 457 g/mol. The number of carbonyl (C=O) groups is 1. The van der Waals surface area contributed by atoms with Crippen LogP contribution in [-0.4, -0.2) is 22.8 Å². The summed E-state index contributed by atoms with van der Waals surface area (Å²) in [7, 11) is 1.43. The van der Waals surface area contributed by atoms with E-state index in [0.29, 0.717) is 11.4 Å². The summed E-state index contributed by atoms with van der Waals surface area (Å²) >= 11 is 1.06. The Balaban J connectivity index is 1.77. The smallest absolute Gasteiger partial charge is 0.335 e. The summed E-state index contributed by atoms with van der Waals surface area (Å²) in [5, 5.41) is 9.44. The fraction of sp³-hybridized carbons (Fsp3) is 0.115. The summed E-state index contributed by atoms with van der Waals surface area (Å²) in [5.74, 6) is -0.688. The fourth-order valence-electron chi connectivity index (χ4n) is 3.57. The van der Waals surface area contributed by atoms with Gasteiger partial charge in [-0.2, -0.15) is 4.33 Å². The summed E-state index contributed by atoms with van der Waals surface area (Å²) < 4.78 is 26.4. The van der Waals surface area contributed by atoms with Crippen LogP contribution in [0.2, 0.25) is 0 Å². The van der Waals surface area contributed by atoms with Gasteiger partial charge in [-0.05, 0) is 73.2 Å². The number of aromatic carboxylic acids is 1. The zero-order valence-electron chi connectivity index (χ0n) is 18.5. The Labute approximate surface area is 200 Å². The van der Waals surface area contributed by atoms with Gasteiger partial charge in [0.2, 0.25) is 0 Å². The number of rotatable bonds is 9. The van der Waals surface area contributed by atoms with E-state index in [0.717, 1.165) is 39.5 Å². The molecule has 4 aromatic rings. The number of aryl methyl sites for hydroxylation is 1. The molecule has 34 heavy (non-hydrogen) atoms. The van der Waals surface area contributed by atoms with Gasteiger partial charge < -0.3 is 14.4 Å². The van der Waals surface area contributed by atoms with Crippen molar-refractivity contribution in [1.29, 1.82) is 0 Å². The standard InChI is InChI=1S/C26H22FNO5S/c1-17-6-12-24(28(17)21-5-3-4-19(14-21)26(29)30)23-15-22(34-33-31-2)11-13-25(23)32-16-18-7-9-20(27)10-8-18/h3-15H,16H2,1-2H3,(H,29,30). The maximum Gasteiger partial charge on any atom is 0.335 e. The first-order valence-corrected chi connectivity index (χ1v) is 11.1. The lowest BCUT2D eigenvalue weighted by atomic mass is 10.1. The van der Waals surface area contributed by atoms with E-state index in [9.17, 15) is 14.3 Å². The van der Waals surface area contributed by atoms with E-state index >= 15 is 0 Å². The lowest BCUT2D eigenvalue weighted by molar-refractivity contribution is -0.160. The number of halogens is 1. The van der Waals surface area contributed by atoms with Gasteiger partial charge in [-0.1, -0.05) is 18.2 Å². The van der Waals surface area contributed by atoms with Gasteiger partial charge in [-0.15, -0.1) is 0 Å². The normalized spacial score (nSPS) is 10.9. The van der Waals surface area contributed by atoms with E-state index < -0.39 is 5.97 Å². The molecule has 0 saturated heterocycles. The molecule has 0 saturated carbocycles. The Morgan fingerprint density at radius 1 is 1.03 bits per heavy atom. The molecule has 174 valence electrons. The van der Waals surface area contributed by atoms with Gasteiger partial charge in [0.1, 0.15) is 18.2 Å². The van der Waals surface area contributed by atoms with Crippen molar-refractivity contribution in [2.24, 2.45) is 0 Å². The van der Waals surface area contributed by atoms with E-state index in [-0.39, 0.29) is 18.0 Å². The molecular formula is C26H22FNO5S. The van der Waals surface area contributed by atoms with Crippen LogP contribution >= 0.6 is 12.0 Å². The van der Waals surface area contributed by atoms with E-state index in [1.807, 2.05) is 47.9 Å². The molecule has 0 bridgehead atoms. The molecule has 0 aliphatic heterocycles. The summed E-state index contributed by atoms with van der Waals surface area (Å²) in [4.78, 5) is 17.0. The predicted molar refractivity (Wildman–Crippen MR) is 128 cm³/mol. The van der Waals surface area contributed by atoms with Crippen molar-refractivity contribution < 1.29 is 28.2 Å². The SMILES string of the molecule is COOSc1ccc(OCc2ccc(F)cc2)c(-c2ccc(C)n2-c2cccc(C(=O)O)c2)c1. The van der Waals surface area contributed by atoms with E-state index in [1.165, 1.54) is 19.2 Å². The third kappa shape index (κ3) is 5.31. The molecule has 0 spiro atoms. The van der Waals surface area contributed by atoms with Crippen molar-refractivity contribution in [2.45, 2.75) is 18.4 Å². The molecule has 0 radical (unpaired) electrons. The van der Waals surface area contributed by atoms with Gasteiger partial charge in [-0.3, -0.25) is 0 Å². The molecule has 0 amide bonds. The Hall–Kier alpha value is -3.59. The highest BCUT2D eigenvalue weighted by Crippen LogP contribution is 2.37. The van der Waals surface area contributed by atoms with E-state index in [4.69, 9.17) is 14.0 Å². The second-order valence-corrected chi connectivity index (χ2v) is 8.22. The highest BCUT2D eigenvalue weighted by Gasteiger charge is 2.17. The van der Waals surface area contributed by atoms with Crippen molar-refractivity contribution in [2.75, 3.05) is 7.11 Å². The summed E-state index contributed by atoms with van der Waals surface area (Å²) in [6.45, 7) is 2.20. The molecule has 6 nitrogen and oxygen atoms in total. The van der Waals surface area contributed by atoms with Crippen molar-refractivity contribution in [3.63, 3.8) is 0 Å². The number of ether oxygens (including phenoxy) is 1. The van der Waals surface area contributed by atoms with Crippen molar-refractivity contribution >= 4 is 18.0 Å². The monoisotopic (exact) mass is 479 g/mol. The summed E-state index contributed by atoms with van der Waals surface area (Å²) in [6.07, 6.45) is 0. The van der Waals surface area contributed by atoms with Crippen LogP contribution in [0.15, 0.2) is 83.8 Å². The Morgan fingerprint density at radius 2 is 1.82 bits per heavy atom. The number of aromatic nitrogens is 1. The minimum atomic E-state index is -0.994. The number of nitrogens with zero attached hydrogens (tertiary/aromatic N) is 1. The van der Waals surface area contributed by atoms with Crippen LogP contribution < -0.4 is 4.74 Å². The zero-order chi connectivity index (χ0) is 24.1. The van der Waals surface area contributed by atoms with Crippen LogP contribution in [0.4, 0.5) is 4.39 Å². The molecule has 1 heterocycles. The summed E-state index contributed by atoms with van der Waals surface area (Å²) in [5.41, 5.74) is 4.26. The third-order valence-corrected chi connectivity index (χ3v) is 5.81. The van der Waals surface area contributed by atoms with Crippen LogP contribution in [0, 0.1) is 12.7 Å². The molecule has 3 aromatic carbocycles. The van der Waals surface area contributed by atoms with Gasteiger partial charge in [0.05, 0.1) is 30.4 Å². The summed E-state index contributed by atoms with van der Waals surface area (Å²) in [6, 6.07) is 22.4. The van der Waals surface area contributed by atoms with Crippen LogP contribution in [0.3, 0.4) is 0 Å². The minimum Gasteiger partial charge on any atom is -0.488 e. The Bertz CT molecular complexity index is 1300. The van der Waals surface area contributed by atoms with Crippen LogP contribution in [-0.2, 0) is 15.8 Å². The molecule has 0 aliphatic rings. The lowest BCUT2D eigenvalue weighted by Gasteiger charge is -2.17. The van der Waals surface area contributed by atoms with Crippen LogP contribution in [0.25, 0.3) is 16.9 Å². The van der Waals surface area contributed by atoms with Crippen LogP contribution in [0.5, 0.6) is 5.75 Å². The first-order valence-electron chi connectivity index (χ1n) is 10.4. The van der Waals surface area contributed by atoms with E-state index in [1.54, 1.807) is 30.3 Å². The molecule has 0 unspecified atom stereocenters. The zero-order valence-corrected chi connectivity index (χ0v) is 19.3. The Morgan fingerprint density at radius 3 is 2.56 bits per heavy atom. The Kier molecular flexibility index (Phi) is 7.32. The highest BCUT2D eigenvalue weighted by molar-refractivity contribution is 7.94. The number of hydrogen-bond donors (Lipinski definition) is 1. The molecule has 4 rings (SSSR count). The quantitative estimate of drug-likeness (QED) is 0.169. The van der Waals surface area contributed by atoms with Gasteiger partial charge in [-0.25, -0.2) is 14.1 Å². The topological polar surface area (TPSA) is 69.9 Å². The molecule has 0 fully saturated rings. The van der Waals surface area contributed by atoms with Crippen molar-refractivity contribution in [3.8, 4) is 22.7 Å². The predicted octanol–water partition coefficient (Wildman–Crippen LogP) is 6.45.